The lowest BCUT2D eigenvalue weighted by Crippen LogP contribution is -2.11. The molecule has 0 nitrogen and oxygen atoms in total. The molecule has 0 rings (SSSR count). The van der Waals surface area contributed by atoms with Crippen LogP contribution in [-0.4, -0.2) is 6.18 Å². The van der Waals surface area contributed by atoms with E-state index >= 15 is 0 Å². The Kier molecular flexibility index (Phi) is 2.31. The van der Waals surface area contributed by atoms with E-state index in [1.54, 1.807) is 0 Å². The fraction of sp³-hybridized carbons (Fsp3) is 0.800. The van der Waals surface area contributed by atoms with Gasteiger partial charge in [-0.1, -0.05) is 13.8 Å². The van der Waals surface area contributed by atoms with Crippen LogP contribution in [-0.2, 0) is 0 Å². The highest BCUT2D eigenvalue weighted by molar-refractivity contribution is 4.76. The number of hydrogen-bond donors (Lipinski definition) is 0. The maximum atomic E-state index is 11.3. The smallest absolute Gasteiger partial charge is 0.171 e. The van der Waals surface area contributed by atoms with Gasteiger partial charge >= 0.3 is 6.18 Å². The lowest BCUT2D eigenvalue weighted by molar-refractivity contribution is -0.102. The van der Waals surface area contributed by atoms with Crippen molar-refractivity contribution in [1.82, 2.24) is 0 Å². The minimum absolute atomic E-state index is 0.354. The molecular weight excluding hydrogens is 117 g/mol. The van der Waals surface area contributed by atoms with E-state index in [1.165, 1.54) is 13.8 Å². The molecule has 3 heteroatoms. The van der Waals surface area contributed by atoms with Crippen molar-refractivity contribution in [2.24, 2.45) is 5.92 Å². The summed E-state index contributed by atoms with van der Waals surface area (Å²) in [4.78, 5) is 0. The predicted molar refractivity (Wildman–Crippen MR) is 25.2 cm³/mol. The van der Waals surface area contributed by atoms with Crippen molar-refractivity contribution in [3.05, 3.63) is 6.42 Å². The molecule has 0 aliphatic carbocycles. The summed E-state index contributed by atoms with van der Waals surface area (Å²) >= 11 is 0. The van der Waals surface area contributed by atoms with Crippen LogP contribution in [0.2, 0.25) is 0 Å². The van der Waals surface area contributed by atoms with Crippen LogP contribution in [0.5, 0.6) is 0 Å². The van der Waals surface area contributed by atoms with Gasteiger partial charge in [0.1, 0.15) is 0 Å². The summed E-state index contributed by atoms with van der Waals surface area (Å²) in [5, 5.41) is 0. The van der Waals surface area contributed by atoms with E-state index in [1.807, 2.05) is 0 Å². The highest BCUT2D eigenvalue weighted by Crippen LogP contribution is 2.22. The minimum Gasteiger partial charge on any atom is -0.171 e. The second-order valence-corrected chi connectivity index (χ2v) is 1.95. The van der Waals surface area contributed by atoms with E-state index in [4.69, 9.17) is 0 Å². The normalized spacial score (nSPS) is 12.8. The summed E-state index contributed by atoms with van der Waals surface area (Å²) in [6.45, 7) is 2.99. The minimum atomic E-state index is -4.10. The maximum Gasteiger partial charge on any atom is 0.392 e. The van der Waals surface area contributed by atoms with Gasteiger partial charge in [0.05, 0.1) is 6.42 Å². The van der Waals surface area contributed by atoms with Crippen molar-refractivity contribution in [3.8, 4) is 0 Å². The largest absolute Gasteiger partial charge is 0.392 e. The zero-order valence-electron chi connectivity index (χ0n) is 4.79. The fourth-order valence-electron chi connectivity index (χ4n) is 0.378. The van der Waals surface area contributed by atoms with Crippen LogP contribution in [0.3, 0.4) is 0 Å². The molecule has 0 aromatic heterocycles. The van der Waals surface area contributed by atoms with Gasteiger partial charge in [-0.05, 0) is 5.92 Å². The highest BCUT2D eigenvalue weighted by atomic mass is 19.4. The molecule has 0 aliphatic rings. The van der Waals surface area contributed by atoms with Gasteiger partial charge in [-0.2, -0.15) is 13.2 Å². The molecule has 0 bridgehead atoms. The summed E-state index contributed by atoms with van der Waals surface area (Å²) in [6.07, 6.45) is -3.75. The Bertz CT molecular complexity index is 62.6. The Morgan fingerprint density at radius 3 is 1.62 bits per heavy atom. The molecule has 0 spiro atoms. The Labute approximate surface area is 46.7 Å². The van der Waals surface area contributed by atoms with E-state index in [-0.39, 0.29) is 0 Å². The summed E-state index contributed by atoms with van der Waals surface area (Å²) in [5.74, 6) is -0.407. The summed E-state index contributed by atoms with van der Waals surface area (Å²) in [6, 6.07) is 0. The predicted octanol–water partition coefficient (Wildman–Crippen LogP) is 2.41. The highest BCUT2D eigenvalue weighted by Gasteiger charge is 2.28. The van der Waals surface area contributed by atoms with Crippen LogP contribution in [0.4, 0.5) is 13.2 Å². The molecule has 0 aromatic rings. The third-order valence-electron chi connectivity index (χ3n) is 0.522. The van der Waals surface area contributed by atoms with Crippen molar-refractivity contribution in [3.63, 3.8) is 0 Å². The zero-order chi connectivity index (χ0) is 6.78. The second kappa shape index (κ2) is 2.37. The van der Waals surface area contributed by atoms with Crippen molar-refractivity contribution < 1.29 is 13.2 Å². The number of halogens is 3. The fourth-order valence-corrected chi connectivity index (χ4v) is 0.378. The summed E-state index contributed by atoms with van der Waals surface area (Å²) in [5.41, 5.74) is 0. The van der Waals surface area contributed by atoms with Crippen molar-refractivity contribution in [2.75, 3.05) is 0 Å². The van der Waals surface area contributed by atoms with Gasteiger partial charge in [0.25, 0.3) is 0 Å². The van der Waals surface area contributed by atoms with Crippen LogP contribution in [0.15, 0.2) is 0 Å². The third-order valence-corrected chi connectivity index (χ3v) is 0.522. The van der Waals surface area contributed by atoms with Crippen LogP contribution < -0.4 is 0 Å². The van der Waals surface area contributed by atoms with E-state index in [0.717, 1.165) is 0 Å². The lowest BCUT2D eigenvalue weighted by Gasteiger charge is -2.06. The van der Waals surface area contributed by atoms with Gasteiger partial charge in [-0.3, -0.25) is 0 Å². The first-order valence-electron chi connectivity index (χ1n) is 2.34. The average Bonchev–Trinajstić information content (AvgIpc) is 1.21. The molecule has 0 saturated heterocycles. The van der Waals surface area contributed by atoms with Gasteiger partial charge in [-0.25, -0.2) is 0 Å². The van der Waals surface area contributed by atoms with Crippen molar-refractivity contribution >= 4 is 0 Å². The molecular formula is C5H8F3. The first-order valence-corrected chi connectivity index (χ1v) is 2.34. The standard InChI is InChI=1S/C5H8F3/c1-4(2)3-5(6,7)8/h3-4H,1-2H3. The molecule has 0 aliphatic heterocycles. The summed E-state index contributed by atoms with van der Waals surface area (Å²) in [7, 11) is 0. The average molecular weight is 125 g/mol. The van der Waals surface area contributed by atoms with Crippen molar-refractivity contribution in [1.29, 1.82) is 0 Å². The lowest BCUT2D eigenvalue weighted by atomic mass is 10.1. The monoisotopic (exact) mass is 125 g/mol. The molecule has 8 heavy (non-hydrogen) atoms. The van der Waals surface area contributed by atoms with Gasteiger partial charge in [0, 0.05) is 0 Å². The first kappa shape index (κ1) is 7.79. The SMILES string of the molecule is CC(C)[CH]C(F)(F)F. The Morgan fingerprint density at radius 1 is 1.25 bits per heavy atom. The summed E-state index contributed by atoms with van der Waals surface area (Å²) < 4.78 is 33.8. The first-order chi connectivity index (χ1) is 3.42. The van der Waals surface area contributed by atoms with Crippen LogP contribution >= 0.6 is 0 Å². The topological polar surface area (TPSA) is 0 Å². The second-order valence-electron chi connectivity index (χ2n) is 1.95. The van der Waals surface area contributed by atoms with Crippen molar-refractivity contribution in [2.45, 2.75) is 20.0 Å². The zero-order valence-corrected chi connectivity index (χ0v) is 4.79. The molecule has 0 N–H and O–H groups in total. The molecule has 0 amide bonds. The van der Waals surface area contributed by atoms with E-state index in [9.17, 15) is 13.2 Å². The molecule has 0 aromatic carbocycles. The Balaban J connectivity index is 3.39. The van der Waals surface area contributed by atoms with Crippen LogP contribution in [0.25, 0.3) is 0 Å². The third kappa shape index (κ3) is 5.79. The number of rotatable bonds is 1. The molecule has 1 radical (unpaired) electrons. The van der Waals surface area contributed by atoms with Gasteiger partial charge in [-0.15, -0.1) is 0 Å². The molecule has 0 heterocycles. The van der Waals surface area contributed by atoms with Crippen LogP contribution in [0, 0.1) is 12.3 Å². The van der Waals surface area contributed by atoms with Gasteiger partial charge in [0.2, 0.25) is 0 Å². The number of alkyl halides is 3. The van der Waals surface area contributed by atoms with Gasteiger partial charge in [0.15, 0.2) is 0 Å². The molecule has 49 valence electrons. The van der Waals surface area contributed by atoms with E-state index in [0.29, 0.717) is 6.42 Å². The number of hydrogen-bond acceptors (Lipinski definition) is 0. The molecule has 0 saturated carbocycles. The van der Waals surface area contributed by atoms with Gasteiger partial charge < -0.3 is 0 Å². The maximum absolute atomic E-state index is 11.3. The van der Waals surface area contributed by atoms with E-state index in [2.05, 4.69) is 0 Å². The molecule has 0 unspecified atom stereocenters. The molecule has 0 atom stereocenters. The Hall–Kier alpha value is -0.210. The van der Waals surface area contributed by atoms with Crippen LogP contribution in [0.1, 0.15) is 13.8 Å². The van der Waals surface area contributed by atoms with E-state index < -0.39 is 12.1 Å². The molecule has 0 fully saturated rings. The quantitative estimate of drug-likeness (QED) is 0.504. The Morgan fingerprint density at radius 2 is 1.62 bits per heavy atom.